The van der Waals surface area contributed by atoms with Crippen molar-refractivity contribution in [2.24, 2.45) is 0 Å². The van der Waals surface area contributed by atoms with Gasteiger partial charge in [-0.05, 0) is 72.9 Å². The van der Waals surface area contributed by atoms with Gasteiger partial charge in [0.2, 0.25) is 5.95 Å². The predicted molar refractivity (Wildman–Crippen MR) is 134 cm³/mol. The molecule has 0 saturated heterocycles. The summed E-state index contributed by atoms with van der Waals surface area (Å²) in [5, 5.41) is 5.98. The molecule has 7 heteroatoms. The topological polar surface area (TPSA) is 49.8 Å². The fraction of sp³-hybridized carbons (Fsp3) is 0.429. The minimum atomic E-state index is -4.56. The molecule has 0 atom stereocenters. The van der Waals surface area contributed by atoms with Crippen LogP contribution in [-0.2, 0) is 6.18 Å². The van der Waals surface area contributed by atoms with E-state index in [2.05, 4.69) is 38.8 Å². The van der Waals surface area contributed by atoms with E-state index in [1.54, 1.807) is 6.07 Å². The molecule has 0 radical (unpaired) electrons. The summed E-state index contributed by atoms with van der Waals surface area (Å²) in [5.41, 5.74) is 2.93. The van der Waals surface area contributed by atoms with Crippen LogP contribution < -0.4 is 10.6 Å². The van der Waals surface area contributed by atoms with Crippen molar-refractivity contribution < 1.29 is 13.2 Å². The summed E-state index contributed by atoms with van der Waals surface area (Å²) in [6.07, 6.45) is 7.19. The number of nitrogens with zero attached hydrogens (tertiary/aromatic N) is 2. The van der Waals surface area contributed by atoms with Crippen LogP contribution in [0.3, 0.4) is 0 Å². The van der Waals surface area contributed by atoms with Crippen LogP contribution in [0.2, 0.25) is 0 Å². The SMILES string of the molecule is FC(F)(F)c1cnc(Nc2ccc(C3CCCCC3)cc2)nc1Nc1cccc(C2CCCC2)c1. The molecular weight excluding hydrogens is 449 g/mol. The van der Waals surface area contributed by atoms with Crippen molar-refractivity contribution in [2.75, 3.05) is 10.6 Å². The third-order valence-corrected chi connectivity index (χ3v) is 7.31. The third kappa shape index (κ3) is 5.77. The number of nitrogens with one attached hydrogen (secondary N) is 2. The first-order valence-electron chi connectivity index (χ1n) is 12.6. The highest BCUT2D eigenvalue weighted by Gasteiger charge is 2.35. The summed E-state index contributed by atoms with van der Waals surface area (Å²) < 4.78 is 41.1. The number of anilines is 4. The highest BCUT2D eigenvalue weighted by atomic mass is 19.4. The third-order valence-electron chi connectivity index (χ3n) is 7.31. The summed E-state index contributed by atoms with van der Waals surface area (Å²) in [7, 11) is 0. The van der Waals surface area contributed by atoms with Gasteiger partial charge in [0.1, 0.15) is 11.4 Å². The van der Waals surface area contributed by atoms with Crippen LogP contribution in [0.25, 0.3) is 0 Å². The fourth-order valence-corrected chi connectivity index (χ4v) is 5.41. The molecule has 0 aliphatic heterocycles. The molecule has 2 fully saturated rings. The Kier molecular flexibility index (Phi) is 6.93. The summed E-state index contributed by atoms with van der Waals surface area (Å²) in [5.74, 6) is 0.934. The number of alkyl halides is 3. The summed E-state index contributed by atoms with van der Waals surface area (Å²) in [6, 6.07) is 15.7. The van der Waals surface area contributed by atoms with E-state index in [0.717, 1.165) is 30.3 Å². The van der Waals surface area contributed by atoms with E-state index in [9.17, 15) is 13.2 Å². The zero-order valence-corrected chi connectivity index (χ0v) is 19.7. The lowest BCUT2D eigenvalue weighted by Gasteiger charge is -2.22. The van der Waals surface area contributed by atoms with Crippen LogP contribution in [0, 0.1) is 0 Å². The molecule has 2 N–H and O–H groups in total. The molecule has 3 aromatic rings. The average Bonchev–Trinajstić information content (AvgIpc) is 3.40. The molecule has 35 heavy (non-hydrogen) atoms. The van der Waals surface area contributed by atoms with Crippen molar-refractivity contribution in [2.45, 2.75) is 75.8 Å². The minimum Gasteiger partial charge on any atom is -0.340 e. The van der Waals surface area contributed by atoms with E-state index < -0.39 is 11.7 Å². The molecule has 2 saturated carbocycles. The first-order valence-corrected chi connectivity index (χ1v) is 12.6. The number of hydrogen-bond donors (Lipinski definition) is 2. The zero-order chi connectivity index (χ0) is 24.3. The second-order valence-electron chi connectivity index (χ2n) is 9.77. The van der Waals surface area contributed by atoms with Crippen molar-refractivity contribution in [3.05, 3.63) is 71.4 Å². The van der Waals surface area contributed by atoms with E-state index in [1.165, 1.54) is 50.5 Å². The normalized spacial score (nSPS) is 17.5. The largest absolute Gasteiger partial charge is 0.421 e. The molecule has 1 aromatic heterocycles. The Morgan fingerprint density at radius 3 is 2.06 bits per heavy atom. The number of aromatic nitrogens is 2. The van der Waals surface area contributed by atoms with Crippen molar-refractivity contribution in [3.8, 4) is 0 Å². The lowest BCUT2D eigenvalue weighted by molar-refractivity contribution is -0.137. The van der Waals surface area contributed by atoms with Gasteiger partial charge in [0, 0.05) is 17.6 Å². The van der Waals surface area contributed by atoms with Crippen LogP contribution in [0.4, 0.5) is 36.3 Å². The maximum atomic E-state index is 13.7. The number of halogens is 3. The van der Waals surface area contributed by atoms with Gasteiger partial charge in [-0.1, -0.05) is 56.4 Å². The van der Waals surface area contributed by atoms with E-state index >= 15 is 0 Å². The van der Waals surface area contributed by atoms with Crippen LogP contribution in [0.1, 0.15) is 86.3 Å². The number of rotatable bonds is 6. The van der Waals surface area contributed by atoms with Crippen LogP contribution in [0.15, 0.2) is 54.7 Å². The molecule has 2 aromatic carbocycles. The Morgan fingerprint density at radius 1 is 0.714 bits per heavy atom. The Balaban J connectivity index is 1.36. The molecule has 0 spiro atoms. The lowest BCUT2D eigenvalue weighted by atomic mass is 9.84. The molecule has 4 nitrogen and oxygen atoms in total. The van der Waals surface area contributed by atoms with Gasteiger partial charge in [-0.25, -0.2) is 4.98 Å². The van der Waals surface area contributed by atoms with E-state index in [4.69, 9.17) is 0 Å². The molecule has 1 heterocycles. The molecule has 2 aliphatic rings. The van der Waals surface area contributed by atoms with Gasteiger partial charge < -0.3 is 10.6 Å². The van der Waals surface area contributed by atoms with Gasteiger partial charge in [-0.15, -0.1) is 0 Å². The summed E-state index contributed by atoms with van der Waals surface area (Å²) >= 11 is 0. The molecule has 184 valence electrons. The summed E-state index contributed by atoms with van der Waals surface area (Å²) in [4.78, 5) is 8.17. The van der Waals surface area contributed by atoms with Gasteiger partial charge in [-0.2, -0.15) is 18.2 Å². The van der Waals surface area contributed by atoms with Gasteiger partial charge >= 0.3 is 6.18 Å². The van der Waals surface area contributed by atoms with Gasteiger partial charge in [0.25, 0.3) is 0 Å². The smallest absolute Gasteiger partial charge is 0.340 e. The Labute approximate surface area is 204 Å². The van der Waals surface area contributed by atoms with Crippen LogP contribution in [-0.4, -0.2) is 9.97 Å². The lowest BCUT2D eigenvalue weighted by Crippen LogP contribution is -2.12. The molecular formula is C28H31F3N4. The average molecular weight is 481 g/mol. The Bertz CT molecular complexity index is 1130. The second-order valence-corrected chi connectivity index (χ2v) is 9.77. The highest BCUT2D eigenvalue weighted by Crippen LogP contribution is 2.38. The molecule has 0 amide bonds. The second kappa shape index (κ2) is 10.3. The Morgan fingerprint density at radius 2 is 1.37 bits per heavy atom. The van der Waals surface area contributed by atoms with Crippen molar-refractivity contribution in [1.29, 1.82) is 0 Å². The van der Waals surface area contributed by atoms with Gasteiger partial charge in [0.15, 0.2) is 0 Å². The quantitative estimate of drug-likeness (QED) is 0.370. The maximum Gasteiger partial charge on any atom is 0.421 e. The number of hydrogen-bond acceptors (Lipinski definition) is 4. The van der Waals surface area contributed by atoms with Gasteiger partial charge in [0.05, 0.1) is 0 Å². The number of benzene rings is 2. The van der Waals surface area contributed by atoms with Gasteiger partial charge in [-0.3, -0.25) is 0 Å². The maximum absolute atomic E-state index is 13.7. The molecule has 2 aliphatic carbocycles. The van der Waals surface area contributed by atoms with Crippen molar-refractivity contribution in [3.63, 3.8) is 0 Å². The zero-order valence-electron chi connectivity index (χ0n) is 19.7. The van der Waals surface area contributed by atoms with Crippen molar-refractivity contribution in [1.82, 2.24) is 9.97 Å². The highest BCUT2D eigenvalue weighted by molar-refractivity contribution is 5.63. The minimum absolute atomic E-state index is 0.123. The van der Waals surface area contributed by atoms with Crippen molar-refractivity contribution >= 4 is 23.1 Å². The predicted octanol–water partition coefficient (Wildman–Crippen LogP) is 8.69. The summed E-state index contributed by atoms with van der Waals surface area (Å²) in [6.45, 7) is 0. The van der Waals surface area contributed by atoms with Crippen LogP contribution in [0.5, 0.6) is 0 Å². The monoisotopic (exact) mass is 480 g/mol. The standard InChI is InChI=1S/C28H31F3N4/c29-28(30,31)25-18-32-27(34-23-15-13-21(14-16-23)19-7-2-1-3-8-19)35-26(25)33-24-12-6-11-22(17-24)20-9-4-5-10-20/h6,11-20H,1-5,7-10H2,(H2,32,33,34,35). The van der Waals surface area contributed by atoms with E-state index in [-0.39, 0.29) is 11.8 Å². The first-order chi connectivity index (χ1) is 17.0. The fourth-order valence-electron chi connectivity index (χ4n) is 5.41. The Hall–Kier alpha value is -3.09. The molecule has 0 bridgehead atoms. The first kappa shape index (κ1) is 23.6. The molecule has 0 unspecified atom stereocenters. The van der Waals surface area contributed by atoms with Crippen LogP contribution >= 0.6 is 0 Å². The molecule has 5 rings (SSSR count). The van der Waals surface area contributed by atoms with E-state index in [0.29, 0.717) is 17.5 Å². The van der Waals surface area contributed by atoms with E-state index in [1.807, 2.05) is 24.3 Å².